The number of nitrogen functional groups attached to an aromatic ring is 1. The first-order valence-electron chi connectivity index (χ1n) is 9.97. The minimum Gasteiger partial charge on any atom is -0.423 e. The Morgan fingerprint density at radius 3 is 2.41 bits per heavy atom. The number of benzene rings is 4. The number of aromatic nitrogens is 2. The minimum absolute atomic E-state index is 0.0145. The Balaban J connectivity index is 1.29. The normalized spacial score (nSPS) is 10.9. The molecule has 0 aliphatic heterocycles. The number of nitrogens with one attached hydrogen (secondary N) is 3. The number of rotatable bonds is 5. The molecule has 4 aromatic carbocycles. The van der Waals surface area contributed by atoms with E-state index < -0.39 is 5.97 Å². The molecule has 0 unspecified atom stereocenters. The van der Waals surface area contributed by atoms with E-state index in [2.05, 4.69) is 15.3 Å². The summed E-state index contributed by atoms with van der Waals surface area (Å²) in [6.07, 6.45) is 0. The van der Waals surface area contributed by atoms with Crippen LogP contribution in [-0.4, -0.2) is 21.8 Å². The van der Waals surface area contributed by atoms with Crippen LogP contribution in [0.4, 0.5) is 11.6 Å². The zero-order valence-electron chi connectivity index (χ0n) is 16.9. The average Bonchev–Trinajstić information content (AvgIpc) is 3.21. The predicted octanol–water partition coefficient (Wildman–Crippen LogP) is 4.96. The number of fused-ring (bicyclic) bond motifs is 2. The second-order valence-corrected chi connectivity index (χ2v) is 7.33. The molecule has 0 radical (unpaired) electrons. The molecule has 1 aromatic heterocycles. The predicted molar refractivity (Wildman–Crippen MR) is 126 cm³/mol. The van der Waals surface area contributed by atoms with Crippen LogP contribution >= 0.6 is 0 Å². The highest BCUT2D eigenvalue weighted by atomic mass is 16.5. The van der Waals surface area contributed by atoms with Crippen molar-refractivity contribution in [3.05, 3.63) is 96.1 Å². The van der Waals surface area contributed by atoms with Crippen molar-refractivity contribution in [2.45, 2.75) is 0 Å². The number of hydrogen-bond donors (Lipinski definition) is 4. The molecule has 7 nitrogen and oxygen atoms in total. The second kappa shape index (κ2) is 7.88. The van der Waals surface area contributed by atoms with Crippen LogP contribution in [0.1, 0.15) is 15.9 Å². The van der Waals surface area contributed by atoms with Gasteiger partial charge in [0.15, 0.2) is 0 Å². The van der Waals surface area contributed by atoms with Gasteiger partial charge in [-0.25, -0.2) is 9.78 Å². The number of amidine groups is 1. The Labute approximate surface area is 183 Å². The number of carbonyl (C=O) groups is 1. The number of anilines is 2. The van der Waals surface area contributed by atoms with Gasteiger partial charge in [0.05, 0.1) is 16.6 Å². The van der Waals surface area contributed by atoms with Crippen LogP contribution in [0, 0.1) is 5.41 Å². The maximum atomic E-state index is 12.6. The van der Waals surface area contributed by atoms with E-state index >= 15 is 0 Å². The highest BCUT2D eigenvalue weighted by Crippen LogP contribution is 2.24. The van der Waals surface area contributed by atoms with Gasteiger partial charge in [-0.3, -0.25) is 5.41 Å². The number of nitrogens with zero attached hydrogens (tertiary/aromatic N) is 1. The lowest BCUT2D eigenvalue weighted by molar-refractivity contribution is 0.0735. The monoisotopic (exact) mass is 421 g/mol. The number of esters is 1. The van der Waals surface area contributed by atoms with Gasteiger partial charge in [0.1, 0.15) is 11.6 Å². The molecular weight excluding hydrogens is 402 g/mol. The Kier molecular flexibility index (Phi) is 4.76. The molecule has 5 aromatic rings. The standard InChI is InChI=1S/C25H19N5O2/c26-23(27)18-6-5-17-14-20(12-9-16(17)13-18)32-24(31)15-7-10-19(11-8-15)28-25-29-21-3-1-2-4-22(21)30-25/h1-14H,(H3,26,27)(H2,28,29,30). The van der Waals surface area contributed by atoms with Crippen LogP contribution in [-0.2, 0) is 0 Å². The number of hydrogen-bond acceptors (Lipinski definition) is 5. The third-order valence-corrected chi connectivity index (χ3v) is 5.11. The van der Waals surface area contributed by atoms with Gasteiger partial charge in [-0.15, -0.1) is 0 Å². The Morgan fingerprint density at radius 2 is 1.62 bits per heavy atom. The summed E-state index contributed by atoms with van der Waals surface area (Å²) in [7, 11) is 0. The summed E-state index contributed by atoms with van der Waals surface area (Å²) in [5.41, 5.74) is 9.25. The van der Waals surface area contributed by atoms with Gasteiger partial charge < -0.3 is 20.8 Å². The molecular formula is C25H19N5O2. The zero-order chi connectivity index (χ0) is 22.1. The quantitative estimate of drug-likeness (QED) is 0.138. The molecule has 0 saturated carbocycles. The maximum Gasteiger partial charge on any atom is 0.343 e. The van der Waals surface area contributed by atoms with E-state index in [0.29, 0.717) is 22.8 Å². The molecule has 5 rings (SSSR count). The third kappa shape index (κ3) is 3.87. The number of aromatic amines is 1. The van der Waals surface area contributed by atoms with Gasteiger partial charge in [0, 0.05) is 11.3 Å². The molecule has 156 valence electrons. The summed E-state index contributed by atoms with van der Waals surface area (Å²) >= 11 is 0. The highest BCUT2D eigenvalue weighted by Gasteiger charge is 2.10. The largest absolute Gasteiger partial charge is 0.423 e. The summed E-state index contributed by atoms with van der Waals surface area (Å²) in [4.78, 5) is 20.3. The fraction of sp³-hybridized carbons (Fsp3) is 0. The maximum absolute atomic E-state index is 12.6. The van der Waals surface area contributed by atoms with Crippen molar-refractivity contribution >= 4 is 45.2 Å². The molecule has 7 heteroatoms. The lowest BCUT2D eigenvalue weighted by Gasteiger charge is -2.08. The Bertz CT molecular complexity index is 1440. The molecule has 0 aliphatic rings. The zero-order valence-corrected chi connectivity index (χ0v) is 16.9. The fourth-order valence-corrected chi connectivity index (χ4v) is 3.46. The smallest absolute Gasteiger partial charge is 0.343 e. The van der Waals surface area contributed by atoms with Crippen LogP contribution in [0.25, 0.3) is 21.8 Å². The van der Waals surface area contributed by atoms with E-state index in [1.807, 2.05) is 42.5 Å². The topological polar surface area (TPSA) is 117 Å². The first-order valence-corrected chi connectivity index (χ1v) is 9.97. The van der Waals surface area contributed by atoms with Crippen molar-refractivity contribution in [2.24, 2.45) is 5.73 Å². The number of ether oxygens (including phenoxy) is 1. The fourth-order valence-electron chi connectivity index (χ4n) is 3.46. The molecule has 32 heavy (non-hydrogen) atoms. The van der Waals surface area contributed by atoms with Crippen LogP contribution in [0.5, 0.6) is 5.75 Å². The second-order valence-electron chi connectivity index (χ2n) is 7.33. The van der Waals surface area contributed by atoms with Gasteiger partial charge in [0.2, 0.25) is 5.95 Å². The molecule has 1 heterocycles. The van der Waals surface area contributed by atoms with Gasteiger partial charge in [-0.2, -0.15) is 0 Å². The molecule has 0 bridgehead atoms. The molecule has 0 fully saturated rings. The highest BCUT2D eigenvalue weighted by molar-refractivity contribution is 5.99. The van der Waals surface area contributed by atoms with Crippen LogP contribution in [0.15, 0.2) is 84.9 Å². The minimum atomic E-state index is -0.444. The van der Waals surface area contributed by atoms with E-state index in [0.717, 1.165) is 27.5 Å². The molecule has 0 spiro atoms. The first kappa shape index (κ1) is 19.3. The van der Waals surface area contributed by atoms with Crippen LogP contribution in [0.2, 0.25) is 0 Å². The molecule has 0 aliphatic carbocycles. The summed E-state index contributed by atoms with van der Waals surface area (Å²) in [6, 6.07) is 25.6. The lowest BCUT2D eigenvalue weighted by atomic mass is 10.1. The number of nitrogens with two attached hydrogens (primary N) is 1. The van der Waals surface area contributed by atoms with E-state index in [9.17, 15) is 4.79 Å². The van der Waals surface area contributed by atoms with Gasteiger partial charge in [0.25, 0.3) is 0 Å². The van der Waals surface area contributed by atoms with Crippen LogP contribution in [0.3, 0.4) is 0 Å². The number of para-hydroxylation sites is 2. The number of H-pyrrole nitrogens is 1. The van der Waals surface area contributed by atoms with Gasteiger partial charge in [-0.1, -0.05) is 30.3 Å². The summed E-state index contributed by atoms with van der Waals surface area (Å²) in [5, 5.41) is 12.6. The van der Waals surface area contributed by atoms with Crippen LogP contribution < -0.4 is 15.8 Å². The summed E-state index contributed by atoms with van der Waals surface area (Å²) in [6.45, 7) is 0. The van der Waals surface area contributed by atoms with Crippen molar-refractivity contribution < 1.29 is 9.53 Å². The van der Waals surface area contributed by atoms with Crippen molar-refractivity contribution in [3.63, 3.8) is 0 Å². The SMILES string of the molecule is N=C(N)c1ccc2cc(OC(=O)c3ccc(Nc4nc5ccccc5[nH]4)cc3)ccc2c1. The van der Waals surface area contributed by atoms with Crippen molar-refractivity contribution in [1.82, 2.24) is 9.97 Å². The third-order valence-electron chi connectivity index (χ3n) is 5.11. The van der Waals surface area contributed by atoms with Crippen molar-refractivity contribution in [1.29, 1.82) is 5.41 Å². The summed E-state index contributed by atoms with van der Waals surface area (Å²) < 4.78 is 5.54. The van der Waals surface area contributed by atoms with E-state index in [1.54, 1.807) is 42.5 Å². The molecule has 5 N–H and O–H groups in total. The Hall–Kier alpha value is -4.65. The van der Waals surface area contributed by atoms with E-state index in [4.69, 9.17) is 15.9 Å². The van der Waals surface area contributed by atoms with E-state index in [-0.39, 0.29) is 5.84 Å². The van der Waals surface area contributed by atoms with Crippen molar-refractivity contribution in [2.75, 3.05) is 5.32 Å². The number of imidazole rings is 1. The first-order chi connectivity index (χ1) is 15.5. The van der Waals surface area contributed by atoms with E-state index in [1.165, 1.54) is 0 Å². The Morgan fingerprint density at radius 1 is 0.906 bits per heavy atom. The van der Waals surface area contributed by atoms with Crippen molar-refractivity contribution in [3.8, 4) is 5.75 Å². The van der Waals surface area contributed by atoms with Gasteiger partial charge in [-0.05, 0) is 65.4 Å². The molecule has 0 amide bonds. The lowest BCUT2D eigenvalue weighted by Crippen LogP contribution is -2.10. The molecule has 0 atom stereocenters. The van der Waals surface area contributed by atoms with Gasteiger partial charge >= 0.3 is 5.97 Å². The number of carbonyl (C=O) groups excluding carboxylic acids is 1. The molecule has 0 saturated heterocycles. The summed E-state index contributed by atoms with van der Waals surface area (Å²) in [5.74, 6) is 0.647. The average molecular weight is 421 g/mol.